The molecule has 1 heterocycles. The molecule has 0 radical (unpaired) electrons. The summed E-state index contributed by atoms with van der Waals surface area (Å²) in [5.74, 6) is 0.0223. The standard InChI is InChI=1S/C16H19FN2O/c1-10-8-13(15(18)19-9-10)14(20)16(2,3)11-4-6-12(17)7-5-11/h4-9,14,20H,1-3H3,(H2,18,19). The first kappa shape index (κ1) is 14.5. The zero-order chi connectivity index (χ0) is 14.9. The first-order chi connectivity index (χ1) is 9.32. The molecule has 20 heavy (non-hydrogen) atoms. The largest absolute Gasteiger partial charge is 0.387 e. The van der Waals surface area contributed by atoms with Gasteiger partial charge in [0.1, 0.15) is 11.6 Å². The van der Waals surface area contributed by atoms with Gasteiger partial charge >= 0.3 is 0 Å². The molecule has 106 valence electrons. The Labute approximate surface area is 118 Å². The van der Waals surface area contributed by atoms with Gasteiger partial charge in [-0.05, 0) is 36.2 Å². The van der Waals surface area contributed by atoms with Gasteiger partial charge in [-0.2, -0.15) is 0 Å². The molecule has 0 saturated carbocycles. The number of anilines is 1. The van der Waals surface area contributed by atoms with E-state index in [0.29, 0.717) is 11.4 Å². The van der Waals surface area contributed by atoms with Crippen LogP contribution in [0.15, 0.2) is 36.5 Å². The number of pyridine rings is 1. The second-order valence-corrected chi connectivity index (χ2v) is 5.62. The van der Waals surface area contributed by atoms with Crippen LogP contribution in [-0.4, -0.2) is 10.1 Å². The Bertz CT molecular complexity index is 608. The fraction of sp³-hybridized carbons (Fsp3) is 0.312. The van der Waals surface area contributed by atoms with Crippen molar-refractivity contribution < 1.29 is 9.50 Å². The van der Waals surface area contributed by atoms with Crippen molar-refractivity contribution in [2.24, 2.45) is 0 Å². The van der Waals surface area contributed by atoms with E-state index < -0.39 is 11.5 Å². The highest BCUT2D eigenvalue weighted by molar-refractivity contribution is 5.45. The molecule has 1 aromatic heterocycles. The summed E-state index contributed by atoms with van der Waals surface area (Å²) in [6.45, 7) is 5.69. The van der Waals surface area contributed by atoms with E-state index in [1.165, 1.54) is 12.1 Å². The van der Waals surface area contributed by atoms with E-state index in [0.717, 1.165) is 11.1 Å². The monoisotopic (exact) mass is 274 g/mol. The molecule has 0 spiro atoms. The summed E-state index contributed by atoms with van der Waals surface area (Å²) in [5.41, 5.74) is 7.63. The van der Waals surface area contributed by atoms with Crippen LogP contribution in [0.3, 0.4) is 0 Å². The molecule has 1 aromatic carbocycles. The average Bonchev–Trinajstić information content (AvgIpc) is 2.41. The van der Waals surface area contributed by atoms with Crippen molar-refractivity contribution in [1.82, 2.24) is 4.98 Å². The first-order valence-corrected chi connectivity index (χ1v) is 6.48. The maximum Gasteiger partial charge on any atom is 0.129 e. The molecule has 4 heteroatoms. The van der Waals surface area contributed by atoms with E-state index in [-0.39, 0.29) is 5.82 Å². The van der Waals surface area contributed by atoms with E-state index in [2.05, 4.69) is 4.98 Å². The third-order valence-corrected chi connectivity index (χ3v) is 3.65. The van der Waals surface area contributed by atoms with Crippen molar-refractivity contribution in [3.8, 4) is 0 Å². The molecule has 0 fully saturated rings. The van der Waals surface area contributed by atoms with Crippen LogP contribution in [0.1, 0.15) is 36.6 Å². The molecule has 1 atom stereocenters. The summed E-state index contributed by atoms with van der Waals surface area (Å²) in [5, 5.41) is 10.7. The van der Waals surface area contributed by atoms with Crippen molar-refractivity contribution in [1.29, 1.82) is 0 Å². The zero-order valence-corrected chi connectivity index (χ0v) is 11.9. The Morgan fingerprint density at radius 1 is 1.25 bits per heavy atom. The predicted octanol–water partition coefficient (Wildman–Crippen LogP) is 3.12. The summed E-state index contributed by atoms with van der Waals surface area (Å²) >= 11 is 0. The molecule has 0 bridgehead atoms. The van der Waals surface area contributed by atoms with Crippen LogP contribution in [0.2, 0.25) is 0 Å². The van der Waals surface area contributed by atoms with Crippen LogP contribution in [0, 0.1) is 12.7 Å². The number of nitrogens with zero attached hydrogens (tertiary/aromatic N) is 1. The fourth-order valence-corrected chi connectivity index (χ4v) is 2.25. The number of rotatable bonds is 3. The first-order valence-electron chi connectivity index (χ1n) is 6.48. The minimum Gasteiger partial charge on any atom is -0.387 e. The number of hydrogen-bond donors (Lipinski definition) is 2. The van der Waals surface area contributed by atoms with Crippen molar-refractivity contribution in [3.63, 3.8) is 0 Å². The smallest absolute Gasteiger partial charge is 0.129 e. The van der Waals surface area contributed by atoms with Crippen LogP contribution in [0.5, 0.6) is 0 Å². The molecule has 0 aliphatic carbocycles. The van der Waals surface area contributed by atoms with E-state index in [1.807, 2.05) is 26.8 Å². The van der Waals surface area contributed by atoms with Gasteiger partial charge in [-0.3, -0.25) is 0 Å². The number of hydrogen-bond acceptors (Lipinski definition) is 3. The highest BCUT2D eigenvalue weighted by Crippen LogP contribution is 2.38. The summed E-state index contributed by atoms with van der Waals surface area (Å²) in [7, 11) is 0. The topological polar surface area (TPSA) is 59.1 Å². The number of aliphatic hydroxyl groups is 1. The van der Waals surface area contributed by atoms with Crippen molar-refractivity contribution in [2.75, 3.05) is 5.73 Å². The third kappa shape index (κ3) is 2.65. The normalized spacial score (nSPS) is 13.2. The van der Waals surface area contributed by atoms with E-state index in [4.69, 9.17) is 5.73 Å². The Kier molecular flexibility index (Phi) is 3.77. The number of aliphatic hydroxyl groups excluding tert-OH is 1. The lowest BCUT2D eigenvalue weighted by Crippen LogP contribution is -2.27. The molecule has 0 aliphatic heterocycles. The van der Waals surface area contributed by atoms with Gasteiger partial charge in [-0.25, -0.2) is 9.37 Å². The number of benzene rings is 1. The summed E-state index contributed by atoms with van der Waals surface area (Å²) in [6.07, 6.45) is 0.844. The van der Waals surface area contributed by atoms with Crippen LogP contribution in [0.4, 0.5) is 10.2 Å². The van der Waals surface area contributed by atoms with Gasteiger partial charge in [-0.15, -0.1) is 0 Å². The molecule has 2 rings (SSSR count). The number of nitrogen functional groups attached to an aromatic ring is 1. The molecular weight excluding hydrogens is 255 g/mol. The number of aromatic nitrogens is 1. The Hall–Kier alpha value is -1.94. The van der Waals surface area contributed by atoms with E-state index >= 15 is 0 Å². The van der Waals surface area contributed by atoms with Crippen LogP contribution >= 0.6 is 0 Å². The molecule has 1 unspecified atom stereocenters. The number of aryl methyl sites for hydroxylation is 1. The second kappa shape index (κ2) is 5.21. The average molecular weight is 274 g/mol. The quantitative estimate of drug-likeness (QED) is 0.904. The predicted molar refractivity (Wildman–Crippen MR) is 77.8 cm³/mol. The van der Waals surface area contributed by atoms with Gasteiger partial charge in [-0.1, -0.05) is 26.0 Å². The minimum atomic E-state index is -0.819. The lowest BCUT2D eigenvalue weighted by atomic mass is 9.76. The lowest BCUT2D eigenvalue weighted by molar-refractivity contribution is 0.101. The minimum absolute atomic E-state index is 0.296. The molecule has 0 amide bonds. The SMILES string of the molecule is Cc1cnc(N)c(C(O)C(C)(C)c2ccc(F)cc2)c1. The summed E-state index contributed by atoms with van der Waals surface area (Å²) < 4.78 is 13.0. The Morgan fingerprint density at radius 2 is 1.85 bits per heavy atom. The molecule has 0 saturated heterocycles. The zero-order valence-electron chi connectivity index (χ0n) is 11.9. The van der Waals surface area contributed by atoms with Crippen LogP contribution in [-0.2, 0) is 5.41 Å². The molecule has 0 aliphatic rings. The third-order valence-electron chi connectivity index (χ3n) is 3.65. The highest BCUT2D eigenvalue weighted by Gasteiger charge is 2.32. The van der Waals surface area contributed by atoms with Gasteiger partial charge in [0.25, 0.3) is 0 Å². The van der Waals surface area contributed by atoms with Gasteiger partial charge in [0.05, 0.1) is 6.10 Å². The molecule has 2 aromatic rings. The van der Waals surface area contributed by atoms with Gasteiger partial charge < -0.3 is 10.8 Å². The van der Waals surface area contributed by atoms with Crippen molar-refractivity contribution in [2.45, 2.75) is 32.3 Å². The molecular formula is C16H19FN2O. The summed E-state index contributed by atoms with van der Waals surface area (Å²) in [4.78, 5) is 4.08. The van der Waals surface area contributed by atoms with Crippen LogP contribution in [0.25, 0.3) is 0 Å². The van der Waals surface area contributed by atoms with Crippen molar-refractivity contribution >= 4 is 5.82 Å². The maximum absolute atomic E-state index is 13.0. The van der Waals surface area contributed by atoms with E-state index in [1.54, 1.807) is 18.3 Å². The number of halogens is 1. The molecule has 3 nitrogen and oxygen atoms in total. The fourth-order valence-electron chi connectivity index (χ4n) is 2.25. The van der Waals surface area contributed by atoms with E-state index in [9.17, 15) is 9.50 Å². The molecule has 3 N–H and O–H groups in total. The van der Waals surface area contributed by atoms with Gasteiger partial charge in [0.15, 0.2) is 0 Å². The highest BCUT2D eigenvalue weighted by atomic mass is 19.1. The number of nitrogens with two attached hydrogens (primary N) is 1. The van der Waals surface area contributed by atoms with Gasteiger partial charge in [0.2, 0.25) is 0 Å². The van der Waals surface area contributed by atoms with Gasteiger partial charge in [0, 0.05) is 17.2 Å². The van der Waals surface area contributed by atoms with Crippen LogP contribution < -0.4 is 5.73 Å². The summed E-state index contributed by atoms with van der Waals surface area (Å²) in [6, 6.07) is 7.97. The maximum atomic E-state index is 13.0. The van der Waals surface area contributed by atoms with Crippen molar-refractivity contribution in [3.05, 3.63) is 59.0 Å². The lowest BCUT2D eigenvalue weighted by Gasteiger charge is -2.32. The second-order valence-electron chi connectivity index (χ2n) is 5.62. The Balaban J connectivity index is 2.42. The Morgan fingerprint density at radius 3 is 2.45 bits per heavy atom.